The highest BCUT2D eigenvalue weighted by molar-refractivity contribution is 5.76. The molecule has 93 heavy (non-hydrogen) atoms. The molecule has 0 saturated carbocycles. The highest BCUT2D eigenvalue weighted by Gasteiger charge is 2.44. The van der Waals surface area contributed by atoms with E-state index in [4.69, 9.17) is 9.47 Å². The van der Waals surface area contributed by atoms with Crippen LogP contribution >= 0.6 is 0 Å². The number of unbranched alkanes of at least 4 members (excludes halogenated alkanes) is 46. The number of carbonyl (C=O) groups excluding carboxylic acids is 1. The van der Waals surface area contributed by atoms with Crippen molar-refractivity contribution in [2.75, 3.05) is 13.2 Å². The minimum absolute atomic E-state index is 0.174. The van der Waals surface area contributed by atoms with E-state index in [1.165, 1.54) is 270 Å². The van der Waals surface area contributed by atoms with Crippen LogP contribution in [0.2, 0.25) is 0 Å². The Morgan fingerprint density at radius 1 is 0.376 bits per heavy atom. The first-order valence-electron chi connectivity index (χ1n) is 40.0. The predicted molar refractivity (Wildman–Crippen MR) is 401 cm³/mol. The van der Waals surface area contributed by atoms with Gasteiger partial charge in [-0.1, -0.05) is 387 Å². The maximum absolute atomic E-state index is 13.2. The van der Waals surface area contributed by atoms with Gasteiger partial charge in [0.1, 0.15) is 24.4 Å². The van der Waals surface area contributed by atoms with Crippen molar-refractivity contribution in [3.63, 3.8) is 0 Å². The lowest BCUT2D eigenvalue weighted by atomic mass is 9.99. The molecule has 9 heteroatoms. The monoisotopic (exact) mass is 1300 g/mol. The summed E-state index contributed by atoms with van der Waals surface area (Å²) in [6, 6.07) is -0.812. The number of carbonyl (C=O) groups is 1. The van der Waals surface area contributed by atoms with Gasteiger partial charge < -0.3 is 40.3 Å². The zero-order valence-electron chi connectivity index (χ0n) is 60.8. The van der Waals surface area contributed by atoms with E-state index < -0.39 is 49.5 Å². The molecule has 0 aliphatic carbocycles. The Kier molecular flexibility index (Phi) is 68.1. The van der Waals surface area contributed by atoms with Gasteiger partial charge in [-0.25, -0.2) is 0 Å². The van der Waals surface area contributed by atoms with Crippen LogP contribution in [0.15, 0.2) is 97.2 Å². The largest absolute Gasteiger partial charge is 0.394 e. The zero-order valence-corrected chi connectivity index (χ0v) is 60.8. The van der Waals surface area contributed by atoms with Crippen LogP contribution in [0.3, 0.4) is 0 Å². The number of hydrogen-bond donors (Lipinski definition) is 6. The minimum Gasteiger partial charge on any atom is -0.394 e. The molecule has 0 spiro atoms. The summed E-state index contributed by atoms with van der Waals surface area (Å²) in [5.41, 5.74) is 0. The van der Waals surface area contributed by atoms with E-state index >= 15 is 0 Å². The predicted octanol–water partition coefficient (Wildman–Crippen LogP) is 23.0. The molecule has 9 nitrogen and oxygen atoms in total. The number of nitrogens with one attached hydrogen (secondary N) is 1. The molecule has 1 aliphatic rings. The smallest absolute Gasteiger partial charge is 0.220 e. The molecule has 0 aromatic rings. The molecule has 1 fully saturated rings. The van der Waals surface area contributed by atoms with Crippen molar-refractivity contribution in [1.82, 2.24) is 5.32 Å². The molecule has 0 bridgehead atoms. The van der Waals surface area contributed by atoms with Gasteiger partial charge in [0.2, 0.25) is 5.91 Å². The Labute approximate surface area is 574 Å². The first-order valence-corrected chi connectivity index (χ1v) is 40.0. The van der Waals surface area contributed by atoms with Crippen LogP contribution in [0.5, 0.6) is 0 Å². The first-order chi connectivity index (χ1) is 45.8. The van der Waals surface area contributed by atoms with Gasteiger partial charge in [-0.05, 0) is 77.0 Å². The molecule has 1 saturated heterocycles. The molecule has 1 aliphatic heterocycles. The molecule has 0 radical (unpaired) electrons. The molecule has 0 aromatic carbocycles. The minimum atomic E-state index is -1.57. The quantitative estimate of drug-likeness (QED) is 0.0261. The summed E-state index contributed by atoms with van der Waals surface area (Å²) in [4.78, 5) is 13.2. The molecule has 540 valence electrons. The normalized spacial score (nSPS) is 18.1. The third kappa shape index (κ3) is 60.1. The Bertz CT molecular complexity index is 1800. The van der Waals surface area contributed by atoms with Crippen molar-refractivity contribution in [3.8, 4) is 0 Å². The van der Waals surface area contributed by atoms with E-state index in [9.17, 15) is 30.3 Å². The van der Waals surface area contributed by atoms with Gasteiger partial charge in [0.15, 0.2) is 6.29 Å². The summed E-state index contributed by atoms with van der Waals surface area (Å²) in [7, 11) is 0. The highest BCUT2D eigenvalue weighted by Crippen LogP contribution is 2.24. The van der Waals surface area contributed by atoms with Gasteiger partial charge in [-0.3, -0.25) is 4.79 Å². The number of aliphatic hydroxyl groups is 5. The third-order valence-electron chi connectivity index (χ3n) is 18.7. The van der Waals surface area contributed by atoms with Crippen molar-refractivity contribution < 1.29 is 39.8 Å². The van der Waals surface area contributed by atoms with Crippen LogP contribution in [-0.4, -0.2) is 87.5 Å². The van der Waals surface area contributed by atoms with E-state index in [0.29, 0.717) is 6.42 Å². The Morgan fingerprint density at radius 3 is 0.989 bits per heavy atom. The number of rotatable bonds is 70. The van der Waals surface area contributed by atoms with Crippen LogP contribution in [0.25, 0.3) is 0 Å². The molecule has 6 N–H and O–H groups in total. The van der Waals surface area contributed by atoms with Crippen molar-refractivity contribution in [1.29, 1.82) is 0 Å². The van der Waals surface area contributed by atoms with E-state index in [1.807, 2.05) is 6.08 Å². The number of amides is 1. The Hall–Kier alpha value is -2.89. The van der Waals surface area contributed by atoms with Crippen molar-refractivity contribution in [3.05, 3.63) is 97.2 Å². The summed E-state index contributed by atoms with van der Waals surface area (Å²) in [6.07, 6.45) is 98.3. The molecule has 7 atom stereocenters. The van der Waals surface area contributed by atoms with E-state index in [-0.39, 0.29) is 12.5 Å². The van der Waals surface area contributed by atoms with Crippen molar-refractivity contribution in [2.45, 2.75) is 416 Å². The SMILES string of the molecule is CC/C=C\C/C=C\C/C=C\C/C=C\C/C=C\C/C=C\C/C=C\CCCCCCCCCCCCCCCCCC(=O)NC(COC1OC(CO)C(O)C(O)C1O)C(O)/C=C/CCCCCCCCCCCCCCCCCCCCCCCCCCCCCCCCC. The number of aliphatic hydroxyl groups excluding tert-OH is 5. The summed E-state index contributed by atoms with van der Waals surface area (Å²) in [5, 5.41) is 54.9. The molecular weight excluding hydrogens is 1150 g/mol. The van der Waals surface area contributed by atoms with Crippen LogP contribution < -0.4 is 5.32 Å². The number of hydrogen-bond acceptors (Lipinski definition) is 8. The second kappa shape index (κ2) is 71.9. The maximum Gasteiger partial charge on any atom is 0.220 e. The Morgan fingerprint density at radius 2 is 0.667 bits per heavy atom. The fourth-order valence-electron chi connectivity index (χ4n) is 12.5. The van der Waals surface area contributed by atoms with Gasteiger partial charge in [0, 0.05) is 6.42 Å². The average Bonchev–Trinajstić information content (AvgIpc) is 1.01. The second-order valence-electron chi connectivity index (χ2n) is 27.5. The zero-order chi connectivity index (χ0) is 67.1. The molecule has 1 amide bonds. The molecular formula is C84H151NO8. The highest BCUT2D eigenvalue weighted by atomic mass is 16.7. The summed E-state index contributed by atoms with van der Waals surface area (Å²) in [5.74, 6) is -0.174. The molecule has 1 heterocycles. The topological polar surface area (TPSA) is 149 Å². The summed E-state index contributed by atoms with van der Waals surface area (Å²) in [6.45, 7) is 3.71. The lowest BCUT2D eigenvalue weighted by Crippen LogP contribution is -2.60. The maximum atomic E-state index is 13.2. The van der Waals surface area contributed by atoms with Gasteiger partial charge in [-0.2, -0.15) is 0 Å². The molecule has 1 rings (SSSR count). The van der Waals surface area contributed by atoms with Crippen molar-refractivity contribution >= 4 is 5.91 Å². The number of allylic oxidation sites excluding steroid dienone is 15. The van der Waals surface area contributed by atoms with Crippen LogP contribution in [-0.2, 0) is 14.3 Å². The van der Waals surface area contributed by atoms with Crippen LogP contribution in [0, 0.1) is 0 Å². The molecule has 7 unspecified atom stereocenters. The lowest BCUT2D eigenvalue weighted by molar-refractivity contribution is -0.302. The van der Waals surface area contributed by atoms with E-state index in [1.54, 1.807) is 6.08 Å². The number of ether oxygens (including phenoxy) is 2. The fraction of sp³-hybridized carbons (Fsp3) is 0.798. The van der Waals surface area contributed by atoms with E-state index in [0.717, 1.165) is 83.5 Å². The third-order valence-corrected chi connectivity index (χ3v) is 18.7. The summed E-state index contributed by atoms with van der Waals surface area (Å²) >= 11 is 0. The van der Waals surface area contributed by atoms with Gasteiger partial charge in [0.25, 0.3) is 0 Å². The van der Waals surface area contributed by atoms with E-state index in [2.05, 4.69) is 104 Å². The first kappa shape index (κ1) is 88.1. The Balaban J connectivity index is 2.09. The standard InChI is InChI=1S/C84H151NO8/c1-3-5-7-9-11-13-15-17-19-21-23-25-27-29-31-33-35-37-38-39-40-42-44-46-48-50-52-54-56-58-60-62-64-66-68-70-72-74-80(88)85-77(76-92-84-83(91)82(90)81(89)79(75-86)93-84)78(87)73-71-69-67-65-63-61-59-57-55-53-51-49-47-45-43-41-36-34-32-30-28-26-24-22-20-18-16-14-12-10-8-6-4-2/h5,7,11,13,17,19,23,25,29,31,35,37,39-40,71,73,77-79,81-84,86-87,89-91H,3-4,6,8-10,12,14-16,18,20-22,24,26-28,30,32-34,36,38,41-70,72,74-76H2,1-2H3,(H,85,88)/b7-5-,13-11-,19-17-,25-23-,31-29-,37-35-,40-39-,73-71+. The van der Waals surface area contributed by atoms with Gasteiger partial charge >= 0.3 is 0 Å². The molecule has 0 aromatic heterocycles. The van der Waals surface area contributed by atoms with Gasteiger partial charge in [-0.15, -0.1) is 0 Å². The van der Waals surface area contributed by atoms with Crippen LogP contribution in [0.1, 0.15) is 373 Å². The summed E-state index contributed by atoms with van der Waals surface area (Å²) < 4.78 is 11.3. The van der Waals surface area contributed by atoms with Crippen LogP contribution in [0.4, 0.5) is 0 Å². The van der Waals surface area contributed by atoms with Crippen molar-refractivity contribution in [2.24, 2.45) is 0 Å². The van der Waals surface area contributed by atoms with Gasteiger partial charge in [0.05, 0.1) is 25.4 Å². The fourth-order valence-corrected chi connectivity index (χ4v) is 12.5. The second-order valence-corrected chi connectivity index (χ2v) is 27.5. The lowest BCUT2D eigenvalue weighted by Gasteiger charge is -2.40. The average molecular weight is 1300 g/mol.